The molecule has 11 nitrogen and oxygen atoms in total. The van der Waals surface area contributed by atoms with Crippen LogP contribution >= 0.6 is 0 Å². The molecule has 4 aromatic rings. The lowest BCUT2D eigenvalue weighted by molar-refractivity contribution is 0.0706. The molecule has 1 heterocycles. The van der Waals surface area contributed by atoms with E-state index in [1.54, 1.807) is 29.7 Å². The molecule has 0 saturated carbocycles. The Hall–Kier alpha value is -4.23. The fraction of sp³-hybridized carbons (Fsp3) is 0.214. The van der Waals surface area contributed by atoms with Gasteiger partial charge in [-0.25, -0.2) is 13.9 Å². The van der Waals surface area contributed by atoms with Gasteiger partial charge in [0.25, 0.3) is 11.8 Å². The molecule has 0 fully saturated rings. The zero-order chi connectivity index (χ0) is 29.3. The highest BCUT2D eigenvalue weighted by Gasteiger charge is 2.20. The van der Waals surface area contributed by atoms with Gasteiger partial charge < -0.3 is 23.9 Å². The summed E-state index contributed by atoms with van der Waals surface area (Å²) in [7, 11) is -0.395. The highest BCUT2D eigenvalue weighted by Crippen LogP contribution is 2.26. The van der Waals surface area contributed by atoms with Gasteiger partial charge in [0.1, 0.15) is 28.1 Å². The Morgan fingerprint density at radius 2 is 1.62 bits per heavy atom. The second kappa shape index (κ2) is 13.7. The number of carbonyl (C=O) groups excluding carboxylic acids is 2. The average molecular weight is 569 g/mol. The summed E-state index contributed by atoms with van der Waals surface area (Å²) in [5.74, 6) is -0.0372. The van der Waals surface area contributed by atoms with Crippen molar-refractivity contribution in [2.24, 2.45) is 0 Å². The Bertz CT molecular complexity index is 1550. The first-order chi connectivity index (χ1) is 19.0. The van der Waals surface area contributed by atoms with E-state index >= 15 is 0 Å². The minimum Gasteiger partial charge on any atom is -0.744 e. The van der Waals surface area contributed by atoms with Gasteiger partial charge in [-0.1, -0.05) is 35.9 Å². The third-order valence-electron chi connectivity index (χ3n) is 5.56. The predicted octanol–water partition coefficient (Wildman–Crippen LogP) is 3.32. The Balaban J connectivity index is 0.000000336. The Kier molecular flexibility index (Phi) is 10.4. The van der Waals surface area contributed by atoms with E-state index in [1.807, 2.05) is 50.2 Å². The number of benzene rings is 3. The minimum atomic E-state index is -4.27. The van der Waals surface area contributed by atoms with Gasteiger partial charge >= 0.3 is 0 Å². The number of ether oxygens (including phenoxy) is 1. The molecule has 212 valence electrons. The van der Waals surface area contributed by atoms with Crippen LogP contribution in [0.4, 0.5) is 0 Å². The number of nitrogens with zero attached hydrogens (tertiary/aromatic N) is 1. The van der Waals surface area contributed by atoms with Crippen molar-refractivity contribution in [3.05, 3.63) is 95.2 Å². The second-order valence-corrected chi connectivity index (χ2v) is 10.4. The van der Waals surface area contributed by atoms with Crippen LogP contribution in [0.1, 0.15) is 32.0 Å². The van der Waals surface area contributed by atoms with Crippen molar-refractivity contribution in [3.63, 3.8) is 0 Å². The molecular formula is C28H30N3O8S-. The van der Waals surface area contributed by atoms with E-state index in [0.29, 0.717) is 29.2 Å². The first-order valence-electron chi connectivity index (χ1n) is 12.1. The Morgan fingerprint density at radius 1 is 0.975 bits per heavy atom. The molecule has 4 rings (SSSR count). The van der Waals surface area contributed by atoms with Crippen molar-refractivity contribution in [3.8, 4) is 5.75 Å². The zero-order valence-corrected chi connectivity index (χ0v) is 23.0. The summed E-state index contributed by atoms with van der Waals surface area (Å²) in [6.45, 7) is 2.95. The van der Waals surface area contributed by atoms with Gasteiger partial charge in [0.2, 0.25) is 0 Å². The number of furan rings is 1. The number of para-hydroxylation sites is 1. The van der Waals surface area contributed by atoms with Gasteiger partial charge in [-0.15, -0.1) is 0 Å². The SMILES string of the molecule is CN(C)Cc1c(C(=O)NCCOc2ccc(C(=O)NO)cc2)oc2ccccc12.Cc1ccc(S(=O)(=O)[O-])cc1. The lowest BCUT2D eigenvalue weighted by Crippen LogP contribution is -2.29. The van der Waals surface area contributed by atoms with E-state index < -0.39 is 16.0 Å². The largest absolute Gasteiger partial charge is 0.744 e. The van der Waals surface area contributed by atoms with Crippen LogP contribution in [0.5, 0.6) is 5.75 Å². The number of hydroxylamine groups is 1. The summed E-state index contributed by atoms with van der Waals surface area (Å²) < 4.78 is 42.5. The topological polar surface area (TPSA) is 161 Å². The number of rotatable bonds is 9. The standard InChI is InChI=1S/C21H23N3O5.C7H8O3S/c1-24(2)13-17-16-5-3-4-6-18(16)29-19(17)21(26)22-11-12-28-15-9-7-14(8-10-15)20(25)23-27;1-6-2-4-7(5-3-6)11(8,9)10/h3-10,27H,11-13H2,1-2H3,(H,22,26)(H,23,25);2-5H,1H3,(H,8,9,10)/p-1. The zero-order valence-electron chi connectivity index (χ0n) is 22.2. The number of nitrogens with one attached hydrogen (secondary N) is 2. The molecule has 0 aliphatic rings. The molecule has 3 aromatic carbocycles. The van der Waals surface area contributed by atoms with Gasteiger partial charge in [-0.05, 0) is 63.5 Å². The molecule has 2 amide bonds. The molecule has 1 aromatic heterocycles. The van der Waals surface area contributed by atoms with E-state index in [0.717, 1.165) is 16.5 Å². The van der Waals surface area contributed by atoms with Crippen LogP contribution in [-0.4, -0.2) is 62.1 Å². The van der Waals surface area contributed by atoms with Crippen LogP contribution in [0.25, 0.3) is 11.0 Å². The third-order valence-corrected chi connectivity index (χ3v) is 6.41. The molecule has 0 atom stereocenters. The first kappa shape index (κ1) is 30.3. The fourth-order valence-corrected chi connectivity index (χ4v) is 4.11. The summed E-state index contributed by atoms with van der Waals surface area (Å²) >= 11 is 0. The molecule has 3 N–H and O–H groups in total. The number of amides is 2. The van der Waals surface area contributed by atoms with Crippen molar-refractivity contribution < 1.29 is 36.9 Å². The van der Waals surface area contributed by atoms with Gasteiger partial charge in [0, 0.05) is 23.1 Å². The predicted molar refractivity (Wildman–Crippen MR) is 146 cm³/mol. The molecule has 40 heavy (non-hydrogen) atoms. The summed E-state index contributed by atoms with van der Waals surface area (Å²) in [4.78, 5) is 25.7. The Morgan fingerprint density at radius 3 is 2.23 bits per heavy atom. The van der Waals surface area contributed by atoms with Crippen LogP contribution in [0.15, 0.2) is 82.1 Å². The summed E-state index contributed by atoms with van der Waals surface area (Å²) in [5.41, 5.74) is 4.33. The van der Waals surface area contributed by atoms with Gasteiger partial charge in [0.05, 0.1) is 11.4 Å². The maximum absolute atomic E-state index is 12.6. The van der Waals surface area contributed by atoms with Crippen LogP contribution < -0.4 is 15.5 Å². The first-order valence-corrected chi connectivity index (χ1v) is 13.5. The van der Waals surface area contributed by atoms with Gasteiger partial charge in [-0.3, -0.25) is 14.8 Å². The molecule has 0 bridgehead atoms. The number of aryl methyl sites for hydroxylation is 1. The maximum Gasteiger partial charge on any atom is 0.287 e. The third kappa shape index (κ3) is 8.38. The summed E-state index contributed by atoms with van der Waals surface area (Å²) in [5, 5.41) is 12.3. The molecule has 0 saturated heterocycles. The molecule has 0 radical (unpaired) electrons. The average Bonchev–Trinajstić information content (AvgIpc) is 3.29. The van der Waals surface area contributed by atoms with Crippen LogP contribution in [0.3, 0.4) is 0 Å². The summed E-state index contributed by atoms with van der Waals surface area (Å²) in [6, 6.07) is 19.6. The number of carbonyl (C=O) groups is 2. The minimum absolute atomic E-state index is 0.178. The van der Waals surface area contributed by atoms with Crippen LogP contribution in [0.2, 0.25) is 0 Å². The lowest BCUT2D eigenvalue weighted by Gasteiger charge is -2.11. The molecule has 0 aliphatic carbocycles. The van der Waals surface area contributed by atoms with Gasteiger partial charge in [-0.2, -0.15) is 0 Å². The van der Waals surface area contributed by atoms with Crippen molar-refractivity contribution in [2.45, 2.75) is 18.4 Å². The van der Waals surface area contributed by atoms with E-state index in [2.05, 4.69) is 5.32 Å². The van der Waals surface area contributed by atoms with Crippen molar-refractivity contribution >= 4 is 32.9 Å². The molecule has 0 unspecified atom stereocenters. The van der Waals surface area contributed by atoms with Crippen molar-refractivity contribution in [1.29, 1.82) is 0 Å². The molecule has 0 aliphatic heterocycles. The quantitative estimate of drug-likeness (QED) is 0.119. The van der Waals surface area contributed by atoms with Crippen molar-refractivity contribution in [2.75, 3.05) is 27.2 Å². The normalized spacial score (nSPS) is 11.1. The molecular weight excluding hydrogens is 538 g/mol. The highest BCUT2D eigenvalue weighted by molar-refractivity contribution is 7.85. The van der Waals surface area contributed by atoms with Crippen molar-refractivity contribution in [1.82, 2.24) is 15.7 Å². The van der Waals surface area contributed by atoms with E-state index in [1.165, 1.54) is 24.3 Å². The lowest BCUT2D eigenvalue weighted by atomic mass is 10.1. The van der Waals surface area contributed by atoms with Crippen LogP contribution in [-0.2, 0) is 16.7 Å². The number of hydrogen-bond acceptors (Lipinski definition) is 9. The second-order valence-electron chi connectivity index (χ2n) is 8.98. The maximum atomic E-state index is 12.6. The fourth-order valence-electron chi connectivity index (χ4n) is 3.64. The molecule has 12 heteroatoms. The number of fused-ring (bicyclic) bond motifs is 1. The van der Waals surface area contributed by atoms with Gasteiger partial charge in [0.15, 0.2) is 5.76 Å². The monoisotopic (exact) mass is 568 g/mol. The van der Waals surface area contributed by atoms with E-state index in [-0.39, 0.29) is 24.0 Å². The smallest absolute Gasteiger partial charge is 0.287 e. The number of hydrogen-bond donors (Lipinski definition) is 3. The summed E-state index contributed by atoms with van der Waals surface area (Å²) in [6.07, 6.45) is 0. The van der Waals surface area contributed by atoms with E-state index in [4.69, 9.17) is 14.4 Å². The molecule has 0 spiro atoms. The Labute approximate surface area is 232 Å². The van der Waals surface area contributed by atoms with E-state index in [9.17, 15) is 22.6 Å². The highest BCUT2D eigenvalue weighted by atomic mass is 32.2. The van der Waals surface area contributed by atoms with Crippen LogP contribution in [0, 0.1) is 6.92 Å².